The highest BCUT2D eigenvalue weighted by molar-refractivity contribution is 5.30. The van der Waals surface area contributed by atoms with E-state index in [1.54, 1.807) is 6.20 Å². The zero-order valence-corrected chi connectivity index (χ0v) is 6.96. The third-order valence-electron chi connectivity index (χ3n) is 1.30. The first-order valence-electron chi connectivity index (χ1n) is 3.86. The Labute approximate surface area is 66.8 Å². The van der Waals surface area contributed by atoms with Gasteiger partial charge in [0.25, 0.3) is 0 Å². The van der Waals surface area contributed by atoms with Crippen molar-refractivity contribution in [3.63, 3.8) is 0 Å². The third kappa shape index (κ3) is 2.98. The normalized spacial score (nSPS) is 10.1. The Morgan fingerprint density at radius 2 is 2.45 bits per heavy atom. The van der Waals surface area contributed by atoms with Crippen molar-refractivity contribution in [3.05, 3.63) is 18.3 Å². The number of aromatic amines is 1. The second-order valence-electron chi connectivity index (χ2n) is 2.93. The first-order valence-corrected chi connectivity index (χ1v) is 3.86. The van der Waals surface area contributed by atoms with Crippen LogP contribution in [0.4, 0.5) is 5.82 Å². The predicted octanol–water partition coefficient (Wildman–Crippen LogP) is 0.964. The first kappa shape index (κ1) is 7.98. The number of aromatic nitrogens is 2. The van der Waals surface area contributed by atoms with Gasteiger partial charge < -0.3 is 5.32 Å². The van der Waals surface area contributed by atoms with Crippen LogP contribution in [0.25, 0.3) is 0 Å². The quantitative estimate of drug-likeness (QED) is 0.700. The van der Waals surface area contributed by atoms with Crippen LogP contribution in [0.2, 0.25) is 0 Å². The van der Waals surface area contributed by atoms with E-state index in [1.165, 1.54) is 0 Å². The van der Waals surface area contributed by atoms with Gasteiger partial charge in [-0.2, -0.15) is 0 Å². The fourth-order valence-electron chi connectivity index (χ4n) is 0.734. The molecule has 0 radical (unpaired) electrons. The highest BCUT2D eigenvalue weighted by Crippen LogP contribution is 1.98. The second kappa shape index (κ2) is 3.91. The summed E-state index contributed by atoms with van der Waals surface area (Å²) in [5.41, 5.74) is 0. The van der Waals surface area contributed by atoms with Gasteiger partial charge in [0, 0.05) is 17.7 Å². The minimum Gasteiger partial charge on any atom is -0.365 e. The van der Waals surface area contributed by atoms with Crippen molar-refractivity contribution in [2.24, 2.45) is 5.92 Å². The van der Waals surface area contributed by atoms with Crippen LogP contribution in [0.15, 0.2) is 18.3 Å². The van der Waals surface area contributed by atoms with Crippen LogP contribution in [0.5, 0.6) is 0 Å². The van der Waals surface area contributed by atoms with Gasteiger partial charge in [0.1, 0.15) is 0 Å². The largest absolute Gasteiger partial charge is 0.365 e. The van der Waals surface area contributed by atoms with Gasteiger partial charge in [0.05, 0.1) is 0 Å². The Morgan fingerprint density at radius 1 is 1.64 bits per heavy atom. The van der Waals surface area contributed by atoms with Crippen molar-refractivity contribution >= 4 is 5.82 Å². The monoisotopic (exact) mass is 152 g/mol. The van der Waals surface area contributed by atoms with Gasteiger partial charge in [0.15, 0.2) is 12.0 Å². The molecule has 0 atom stereocenters. The number of hydrogen-bond acceptors (Lipinski definition) is 2. The van der Waals surface area contributed by atoms with Gasteiger partial charge in [-0.15, -0.1) is 5.10 Å². The molecule has 0 fully saturated rings. The Hall–Kier alpha value is -1.12. The van der Waals surface area contributed by atoms with Crippen LogP contribution in [0.1, 0.15) is 13.8 Å². The van der Waals surface area contributed by atoms with Crippen molar-refractivity contribution in [3.8, 4) is 0 Å². The van der Waals surface area contributed by atoms with Gasteiger partial charge in [0.2, 0.25) is 0 Å². The number of nitrogens with zero attached hydrogens (tertiary/aromatic N) is 1. The average Bonchev–Trinajstić information content (AvgIpc) is 2.03. The van der Waals surface area contributed by atoms with E-state index < -0.39 is 0 Å². The summed E-state index contributed by atoms with van der Waals surface area (Å²) in [6.07, 6.45) is 1.79. The second-order valence-corrected chi connectivity index (χ2v) is 2.93. The zero-order valence-electron chi connectivity index (χ0n) is 6.96. The van der Waals surface area contributed by atoms with Crippen LogP contribution in [-0.2, 0) is 0 Å². The summed E-state index contributed by atoms with van der Waals surface area (Å²) in [7, 11) is 0. The van der Waals surface area contributed by atoms with Crippen molar-refractivity contribution in [1.29, 1.82) is 0 Å². The molecule has 3 nitrogen and oxygen atoms in total. The molecule has 3 heteroatoms. The number of rotatable bonds is 3. The first-order chi connectivity index (χ1) is 5.29. The van der Waals surface area contributed by atoms with E-state index in [4.69, 9.17) is 0 Å². The van der Waals surface area contributed by atoms with Gasteiger partial charge in [-0.05, 0) is 12.0 Å². The summed E-state index contributed by atoms with van der Waals surface area (Å²) in [5.74, 6) is 1.55. The Kier molecular flexibility index (Phi) is 2.83. The van der Waals surface area contributed by atoms with E-state index in [0.29, 0.717) is 5.92 Å². The van der Waals surface area contributed by atoms with Crippen molar-refractivity contribution in [2.75, 3.05) is 11.9 Å². The van der Waals surface area contributed by atoms with E-state index in [-0.39, 0.29) is 0 Å². The molecule has 1 aromatic rings. The number of H-pyrrole nitrogens is 1. The lowest BCUT2D eigenvalue weighted by molar-refractivity contribution is -0.453. The molecule has 1 rings (SSSR count). The fourth-order valence-corrected chi connectivity index (χ4v) is 0.734. The van der Waals surface area contributed by atoms with E-state index >= 15 is 0 Å². The Morgan fingerprint density at radius 3 is 3.00 bits per heavy atom. The van der Waals surface area contributed by atoms with E-state index in [0.717, 1.165) is 12.4 Å². The van der Waals surface area contributed by atoms with Crippen LogP contribution in [0.3, 0.4) is 0 Å². The topological polar surface area (TPSA) is 39.1 Å². The third-order valence-corrected chi connectivity index (χ3v) is 1.30. The molecule has 0 aliphatic heterocycles. The maximum absolute atomic E-state index is 4.01. The molecule has 0 aliphatic rings. The number of hydrogen-bond donors (Lipinski definition) is 1. The van der Waals surface area contributed by atoms with Crippen LogP contribution in [0, 0.1) is 5.92 Å². The van der Waals surface area contributed by atoms with Crippen LogP contribution in [-0.4, -0.2) is 11.6 Å². The van der Waals surface area contributed by atoms with E-state index in [9.17, 15) is 0 Å². The zero-order chi connectivity index (χ0) is 8.10. The molecule has 0 spiro atoms. The van der Waals surface area contributed by atoms with Gasteiger partial charge in [-0.1, -0.05) is 13.8 Å². The molecular weight excluding hydrogens is 138 g/mol. The molecule has 2 N–H and O–H groups in total. The molecule has 0 saturated carbocycles. The van der Waals surface area contributed by atoms with Crippen molar-refractivity contribution in [1.82, 2.24) is 5.10 Å². The molecule has 11 heavy (non-hydrogen) atoms. The van der Waals surface area contributed by atoms with Gasteiger partial charge in [-0.3, -0.25) is 0 Å². The van der Waals surface area contributed by atoms with Crippen LogP contribution < -0.4 is 10.4 Å². The molecular formula is C8H14N3+. The highest BCUT2D eigenvalue weighted by atomic mass is 15.2. The predicted molar refractivity (Wildman–Crippen MR) is 44.1 cm³/mol. The molecule has 0 aromatic carbocycles. The maximum atomic E-state index is 4.01. The van der Waals surface area contributed by atoms with Crippen molar-refractivity contribution in [2.45, 2.75) is 13.8 Å². The van der Waals surface area contributed by atoms with Crippen LogP contribution >= 0.6 is 0 Å². The molecule has 0 unspecified atom stereocenters. The fraction of sp³-hybridized carbons (Fsp3) is 0.500. The summed E-state index contributed by atoms with van der Waals surface area (Å²) in [4.78, 5) is 0. The molecule has 60 valence electrons. The standard InChI is InChI=1S/C8H13N3/c1-7(2)6-9-8-4-3-5-10-11-8/h3-5,7H,6H2,1-2H3,(H,9,11)/p+1. The summed E-state index contributed by atoms with van der Waals surface area (Å²) >= 11 is 0. The lowest BCUT2D eigenvalue weighted by Gasteiger charge is -2.04. The van der Waals surface area contributed by atoms with Crippen molar-refractivity contribution < 1.29 is 5.10 Å². The Bertz CT molecular complexity index is 196. The Balaban J connectivity index is 2.39. The summed E-state index contributed by atoms with van der Waals surface area (Å²) in [6.45, 7) is 5.30. The minimum atomic E-state index is 0.650. The molecule has 1 heterocycles. The molecule has 0 bridgehead atoms. The van der Waals surface area contributed by atoms with E-state index in [1.807, 2.05) is 12.1 Å². The van der Waals surface area contributed by atoms with Gasteiger partial charge in [-0.25, -0.2) is 0 Å². The smallest absolute Gasteiger partial charge is 0.193 e. The summed E-state index contributed by atoms with van der Waals surface area (Å²) < 4.78 is 0. The maximum Gasteiger partial charge on any atom is 0.193 e. The highest BCUT2D eigenvalue weighted by Gasteiger charge is 1.96. The molecule has 0 amide bonds. The lowest BCUT2D eigenvalue weighted by Crippen LogP contribution is -2.14. The molecule has 1 aromatic heterocycles. The molecule has 0 aliphatic carbocycles. The van der Waals surface area contributed by atoms with Gasteiger partial charge >= 0.3 is 0 Å². The lowest BCUT2D eigenvalue weighted by atomic mass is 10.2. The van der Waals surface area contributed by atoms with E-state index in [2.05, 4.69) is 29.4 Å². The number of nitrogens with one attached hydrogen (secondary N) is 2. The number of anilines is 1. The summed E-state index contributed by atoms with van der Waals surface area (Å²) in [6, 6.07) is 3.87. The SMILES string of the molecule is CC(C)CNc1ccc[nH+]n1. The molecule has 0 saturated heterocycles. The summed E-state index contributed by atoms with van der Waals surface area (Å²) in [5, 5.41) is 9.99. The average molecular weight is 152 g/mol. The minimum absolute atomic E-state index is 0.650.